The summed E-state index contributed by atoms with van der Waals surface area (Å²) in [4.78, 5) is 23.0. The van der Waals surface area contributed by atoms with E-state index in [0.29, 0.717) is 55.3 Å². The average Bonchev–Trinajstić information content (AvgIpc) is 3.62. The lowest BCUT2D eigenvalue weighted by atomic mass is 10.1. The molecule has 47 heavy (non-hydrogen) atoms. The Balaban J connectivity index is 1.58. The molecule has 260 valence electrons. The zero-order valence-electron chi connectivity index (χ0n) is 30.2. The zero-order valence-corrected chi connectivity index (χ0v) is 33.8. The van der Waals surface area contributed by atoms with Crippen molar-refractivity contribution in [2.24, 2.45) is 11.8 Å². The minimum Gasteiger partial charge on any atom is -0.416 e. The van der Waals surface area contributed by atoms with Crippen molar-refractivity contribution in [2.75, 3.05) is 11.9 Å². The van der Waals surface area contributed by atoms with Crippen LogP contribution in [0.4, 0.5) is 5.82 Å². The number of anilines is 1. The molecule has 11 heteroatoms. The lowest BCUT2D eigenvalue weighted by Gasteiger charge is -2.45. The van der Waals surface area contributed by atoms with Crippen LogP contribution < -0.4 is 5.32 Å². The predicted octanol–water partition coefficient (Wildman–Crippen LogP) is 9.64. The van der Waals surface area contributed by atoms with Gasteiger partial charge in [0.2, 0.25) is 14.1 Å². The van der Waals surface area contributed by atoms with Gasteiger partial charge in [-0.2, -0.15) is 0 Å². The van der Waals surface area contributed by atoms with Crippen molar-refractivity contribution in [2.45, 2.75) is 141 Å². The maximum Gasteiger partial charge on any atom is 0.208 e. The molecule has 4 atom stereocenters. The molecule has 2 aromatic heterocycles. The normalized spacial score (nSPS) is 21.3. The van der Waals surface area contributed by atoms with E-state index < -0.39 is 22.7 Å². The third-order valence-corrected chi connectivity index (χ3v) is 22.7. The van der Waals surface area contributed by atoms with E-state index >= 15 is 0 Å². The summed E-state index contributed by atoms with van der Waals surface area (Å²) in [6, 6.07) is 1.70. The number of ketones is 1. The molecule has 2 fully saturated rings. The van der Waals surface area contributed by atoms with Gasteiger partial charge in [0.05, 0.1) is 16.5 Å². The molecule has 0 aliphatic heterocycles. The molecule has 4 rings (SSSR count). The Hall–Kier alpha value is -1.59. The quantitative estimate of drug-likeness (QED) is 0.121. The number of hydrogen-bond donors (Lipinski definition) is 2. The highest BCUT2D eigenvalue weighted by atomic mass is 35.5. The van der Waals surface area contributed by atoms with Crippen molar-refractivity contribution in [1.29, 1.82) is 0 Å². The number of nitrogens with zero attached hydrogens (tertiary/aromatic N) is 2. The highest BCUT2D eigenvalue weighted by Crippen LogP contribution is 2.47. The summed E-state index contributed by atoms with van der Waals surface area (Å²) < 4.78 is 14.6. The van der Waals surface area contributed by atoms with Crippen molar-refractivity contribution >= 4 is 51.2 Å². The Morgan fingerprint density at radius 1 is 1.13 bits per heavy atom. The fourth-order valence-corrected chi connectivity index (χ4v) is 14.8. The van der Waals surface area contributed by atoms with E-state index in [1.54, 1.807) is 12.3 Å². The molecule has 0 saturated heterocycles. The molecule has 2 saturated carbocycles. The number of aliphatic hydroxyl groups is 1. The van der Waals surface area contributed by atoms with Gasteiger partial charge in [0, 0.05) is 36.2 Å². The van der Waals surface area contributed by atoms with Crippen LogP contribution >= 0.6 is 22.9 Å². The van der Waals surface area contributed by atoms with Gasteiger partial charge in [-0.05, 0) is 66.5 Å². The van der Waals surface area contributed by atoms with Crippen molar-refractivity contribution in [1.82, 2.24) is 9.97 Å². The molecule has 0 radical (unpaired) electrons. The molecule has 2 aromatic rings. The number of hydrogen-bond acceptors (Lipinski definition) is 8. The third kappa shape index (κ3) is 8.78. The molecular weight excluding hydrogens is 662 g/mol. The summed E-state index contributed by atoms with van der Waals surface area (Å²) in [5.74, 6) is 6.82. The van der Waals surface area contributed by atoms with Crippen LogP contribution in [0, 0.1) is 23.7 Å². The summed E-state index contributed by atoms with van der Waals surface area (Å²) in [5, 5.41) is 14.4. The number of rotatable bonds is 13. The maximum absolute atomic E-state index is 13.8. The molecule has 1 unspecified atom stereocenters. The summed E-state index contributed by atoms with van der Waals surface area (Å²) in [5.41, 5.74) is 2.27. The first-order valence-electron chi connectivity index (χ1n) is 17.3. The molecule has 2 heterocycles. The topological polar surface area (TPSA) is 93.6 Å². The average molecular weight is 719 g/mol. The fourth-order valence-electron chi connectivity index (χ4n) is 6.85. The second-order valence-electron chi connectivity index (χ2n) is 16.0. The molecule has 0 bridgehead atoms. The van der Waals surface area contributed by atoms with E-state index in [-0.39, 0.29) is 28.9 Å². The number of nitrogens with one attached hydrogen (secondary N) is 1. The lowest BCUT2D eigenvalue weighted by Crippen LogP contribution is -2.51. The van der Waals surface area contributed by atoms with Gasteiger partial charge < -0.3 is 19.3 Å². The minimum atomic E-state index is -2.15. The van der Waals surface area contributed by atoms with Crippen LogP contribution in [0.15, 0.2) is 18.6 Å². The van der Waals surface area contributed by atoms with Gasteiger partial charge in [0.1, 0.15) is 22.6 Å². The standard InChI is InChI=1S/C36H56ClN3O4SSi2/c1-22(2)47(23(3)4,24(5)6)44-31-17-27(16-26(31)20-43-46(10,11)36(7,8)9)40-35-29(19-38-21-39-35)33(42)32-18-28(34(37)45-32)30(41)15-14-25-12-13-25/h18-19,21-27,30-31,41H,12-13,16-17,20H2,1-11H3,(H,38,39,40)/t26-,27-,30?,31+/m1/s1. The van der Waals surface area contributed by atoms with E-state index in [1.165, 1.54) is 6.33 Å². The van der Waals surface area contributed by atoms with Crippen LogP contribution in [0.5, 0.6) is 0 Å². The number of thiophene rings is 1. The fraction of sp³-hybridized carbons (Fsp3) is 0.694. The zero-order chi connectivity index (χ0) is 34.9. The Labute approximate surface area is 294 Å². The second-order valence-corrected chi connectivity index (χ2v) is 27.9. The molecule has 2 aliphatic rings. The van der Waals surface area contributed by atoms with Crippen LogP contribution in [-0.2, 0) is 8.85 Å². The highest BCUT2D eigenvalue weighted by Gasteiger charge is 2.50. The Morgan fingerprint density at radius 2 is 1.77 bits per heavy atom. The summed E-state index contributed by atoms with van der Waals surface area (Å²) in [6.45, 7) is 26.1. The molecule has 2 aliphatic carbocycles. The van der Waals surface area contributed by atoms with Crippen LogP contribution in [0.2, 0.25) is 39.1 Å². The van der Waals surface area contributed by atoms with Crippen LogP contribution in [0.1, 0.15) is 115 Å². The predicted molar refractivity (Wildman–Crippen MR) is 199 cm³/mol. The molecular formula is C36H56ClN3O4SSi2. The van der Waals surface area contributed by atoms with Crippen molar-refractivity contribution in [3.05, 3.63) is 38.9 Å². The Kier molecular flexibility index (Phi) is 12.3. The molecule has 0 spiro atoms. The first kappa shape index (κ1) is 38.2. The van der Waals surface area contributed by atoms with Crippen LogP contribution in [0.3, 0.4) is 0 Å². The lowest BCUT2D eigenvalue weighted by molar-refractivity contribution is 0.0971. The maximum atomic E-state index is 13.8. The number of halogens is 1. The molecule has 7 nitrogen and oxygen atoms in total. The number of carbonyl (C=O) groups excluding carboxylic acids is 1. The molecule has 0 amide bonds. The van der Waals surface area contributed by atoms with Crippen LogP contribution in [0.25, 0.3) is 0 Å². The van der Waals surface area contributed by atoms with Crippen molar-refractivity contribution in [3.63, 3.8) is 0 Å². The first-order valence-corrected chi connectivity index (χ1v) is 23.5. The van der Waals surface area contributed by atoms with E-state index in [4.69, 9.17) is 20.5 Å². The van der Waals surface area contributed by atoms with Gasteiger partial charge in [-0.1, -0.05) is 85.8 Å². The number of aliphatic hydroxyl groups excluding tert-OH is 1. The van der Waals surface area contributed by atoms with Crippen molar-refractivity contribution < 1.29 is 18.8 Å². The van der Waals surface area contributed by atoms with E-state index in [9.17, 15) is 9.90 Å². The van der Waals surface area contributed by atoms with E-state index in [0.717, 1.165) is 37.0 Å². The van der Waals surface area contributed by atoms with Gasteiger partial charge in [-0.15, -0.1) is 11.3 Å². The number of carbonyl (C=O) groups is 1. The van der Waals surface area contributed by atoms with E-state index in [1.807, 2.05) is 0 Å². The first-order chi connectivity index (χ1) is 21.9. The van der Waals surface area contributed by atoms with Gasteiger partial charge in [0.25, 0.3) is 0 Å². The monoisotopic (exact) mass is 717 g/mol. The van der Waals surface area contributed by atoms with Crippen molar-refractivity contribution in [3.8, 4) is 11.8 Å². The minimum absolute atomic E-state index is 0.0500. The number of aromatic nitrogens is 2. The summed E-state index contributed by atoms with van der Waals surface area (Å²) >= 11 is 7.64. The molecule has 2 N–H and O–H groups in total. The summed E-state index contributed by atoms with van der Waals surface area (Å²) in [7, 11) is -4.12. The second kappa shape index (κ2) is 15.1. The SMILES string of the molecule is CC(C)[Si](O[C@H]1C[C@H](Nc2ncncc2C(=O)c2cc(C(O)C#CC3CC3)c(Cl)s2)C[C@@H]1CO[Si](C)(C)C(C)(C)C)(C(C)C)C(C)C. The highest BCUT2D eigenvalue weighted by molar-refractivity contribution is 7.18. The van der Waals surface area contributed by atoms with Gasteiger partial charge >= 0.3 is 0 Å². The Bertz CT molecular complexity index is 1440. The smallest absolute Gasteiger partial charge is 0.208 e. The van der Waals surface area contributed by atoms with Crippen LogP contribution in [-0.4, -0.2) is 56.2 Å². The molecule has 0 aromatic carbocycles. The van der Waals surface area contributed by atoms with Gasteiger partial charge in [-0.3, -0.25) is 4.79 Å². The third-order valence-electron chi connectivity index (χ3n) is 10.7. The van der Waals surface area contributed by atoms with Gasteiger partial charge in [-0.25, -0.2) is 9.97 Å². The van der Waals surface area contributed by atoms with Gasteiger partial charge in [0.15, 0.2) is 8.32 Å². The Morgan fingerprint density at radius 3 is 2.34 bits per heavy atom. The van der Waals surface area contributed by atoms with E-state index in [2.05, 4.69) is 103 Å². The largest absolute Gasteiger partial charge is 0.416 e. The summed E-state index contributed by atoms with van der Waals surface area (Å²) in [6.07, 6.45) is 5.86.